The minimum atomic E-state index is -0.754. The molecule has 0 unspecified atom stereocenters. The molecule has 3 rings (SSSR count). The van der Waals surface area contributed by atoms with Gasteiger partial charge in [-0.25, -0.2) is 4.79 Å². The maximum Gasteiger partial charge on any atom is 0.329 e. The molecule has 2 aromatic carbocycles. The summed E-state index contributed by atoms with van der Waals surface area (Å²) < 4.78 is 5.31. The van der Waals surface area contributed by atoms with Crippen LogP contribution in [-0.4, -0.2) is 65.4 Å². The van der Waals surface area contributed by atoms with Crippen molar-refractivity contribution in [1.82, 2.24) is 9.80 Å². The van der Waals surface area contributed by atoms with Crippen molar-refractivity contribution in [3.63, 3.8) is 0 Å². The van der Waals surface area contributed by atoms with Gasteiger partial charge in [0.2, 0.25) is 11.8 Å². The Bertz CT molecular complexity index is 917. The molecule has 0 aromatic heterocycles. The predicted octanol–water partition coefficient (Wildman–Crippen LogP) is 1.79. The van der Waals surface area contributed by atoms with Crippen LogP contribution in [-0.2, 0) is 32.0 Å². The van der Waals surface area contributed by atoms with Crippen LogP contribution in [0.25, 0.3) is 0 Å². The van der Waals surface area contributed by atoms with Gasteiger partial charge in [0.25, 0.3) is 0 Å². The summed E-state index contributed by atoms with van der Waals surface area (Å²) in [6.45, 7) is 4.16. The van der Waals surface area contributed by atoms with Crippen LogP contribution in [0.5, 0.6) is 0 Å². The second-order valence-electron chi connectivity index (χ2n) is 8.02. The first-order valence-electron chi connectivity index (χ1n) is 11.0. The van der Waals surface area contributed by atoms with Crippen LogP contribution in [0.15, 0.2) is 60.7 Å². The lowest BCUT2D eigenvalue weighted by molar-refractivity contribution is -0.162. The number of rotatable bonds is 8. The monoisotopic (exact) mass is 437 g/mol. The molecule has 0 radical (unpaired) electrons. The molecule has 1 heterocycles. The zero-order valence-electron chi connectivity index (χ0n) is 18.6. The summed E-state index contributed by atoms with van der Waals surface area (Å²) in [6, 6.07) is 16.9. The first-order chi connectivity index (χ1) is 15.4. The van der Waals surface area contributed by atoms with E-state index in [1.807, 2.05) is 60.7 Å². The number of benzene rings is 2. The number of hydrogen-bond acceptors (Lipinski definition) is 5. The van der Waals surface area contributed by atoms with Crippen LogP contribution in [0, 0.1) is 0 Å². The molecule has 0 spiro atoms. The summed E-state index contributed by atoms with van der Waals surface area (Å²) in [5, 5.41) is 0. The van der Waals surface area contributed by atoms with E-state index in [1.54, 1.807) is 23.6 Å². The molecule has 1 aliphatic heterocycles. The van der Waals surface area contributed by atoms with E-state index >= 15 is 0 Å². The van der Waals surface area contributed by atoms with E-state index in [2.05, 4.69) is 0 Å². The van der Waals surface area contributed by atoms with Crippen LogP contribution in [0.1, 0.15) is 25.0 Å². The molecule has 1 fully saturated rings. The number of nitrogens with two attached hydrogens (primary N) is 1. The Balaban J connectivity index is 1.91. The summed E-state index contributed by atoms with van der Waals surface area (Å²) in [6.07, 6.45) is 0.709. The number of ether oxygens (including phenoxy) is 1. The standard InChI is InChI=1S/C25H31N3O4/c1-3-32-25(31)22(17-20-12-8-5-9-13-20)28-15-14-27(23(29)18(2)26)21(24(28)30)16-19-10-6-4-7-11-19/h4-13,18,21-22H,3,14-17,26H2,1-2H3/t18-,21+,22-/m1/s1. The fraction of sp³-hybridized carbons (Fsp3) is 0.400. The molecule has 0 saturated carbocycles. The smallest absolute Gasteiger partial charge is 0.329 e. The molecule has 2 aromatic rings. The molecular weight excluding hydrogens is 406 g/mol. The van der Waals surface area contributed by atoms with Gasteiger partial charge < -0.3 is 20.3 Å². The topological polar surface area (TPSA) is 92.9 Å². The zero-order valence-corrected chi connectivity index (χ0v) is 18.6. The summed E-state index contributed by atoms with van der Waals surface area (Å²) in [7, 11) is 0. The number of carbonyl (C=O) groups is 3. The summed E-state index contributed by atoms with van der Waals surface area (Å²) in [4.78, 5) is 42.5. The molecule has 1 aliphatic rings. The molecule has 7 nitrogen and oxygen atoms in total. The average Bonchev–Trinajstić information content (AvgIpc) is 2.80. The lowest BCUT2D eigenvalue weighted by Crippen LogP contribution is -2.64. The Morgan fingerprint density at radius 2 is 1.62 bits per heavy atom. The summed E-state index contributed by atoms with van der Waals surface area (Å²) >= 11 is 0. The highest BCUT2D eigenvalue weighted by Gasteiger charge is 2.42. The van der Waals surface area contributed by atoms with Crippen molar-refractivity contribution >= 4 is 17.8 Å². The molecule has 0 aliphatic carbocycles. The Morgan fingerprint density at radius 3 is 2.19 bits per heavy atom. The van der Waals surface area contributed by atoms with Crippen molar-refractivity contribution in [2.45, 2.75) is 44.8 Å². The lowest BCUT2D eigenvalue weighted by atomic mass is 9.97. The highest BCUT2D eigenvalue weighted by molar-refractivity contribution is 5.93. The van der Waals surface area contributed by atoms with Crippen LogP contribution in [0.2, 0.25) is 0 Å². The van der Waals surface area contributed by atoms with E-state index in [0.717, 1.165) is 11.1 Å². The van der Waals surface area contributed by atoms with Gasteiger partial charge in [-0.3, -0.25) is 9.59 Å². The van der Waals surface area contributed by atoms with E-state index in [-0.39, 0.29) is 25.0 Å². The third kappa shape index (κ3) is 5.53. The van der Waals surface area contributed by atoms with Crippen LogP contribution < -0.4 is 5.73 Å². The Kier molecular flexibility index (Phi) is 8.00. The third-order valence-corrected chi connectivity index (χ3v) is 5.68. The van der Waals surface area contributed by atoms with Gasteiger partial charge in [0, 0.05) is 25.9 Å². The average molecular weight is 438 g/mol. The van der Waals surface area contributed by atoms with Gasteiger partial charge in [-0.05, 0) is 25.0 Å². The normalized spacial score (nSPS) is 18.2. The molecule has 2 N–H and O–H groups in total. The van der Waals surface area contributed by atoms with Gasteiger partial charge in [0.05, 0.1) is 12.6 Å². The number of amides is 2. The zero-order chi connectivity index (χ0) is 23.1. The predicted molar refractivity (Wildman–Crippen MR) is 122 cm³/mol. The van der Waals surface area contributed by atoms with Crippen molar-refractivity contribution < 1.29 is 19.1 Å². The fourth-order valence-electron chi connectivity index (χ4n) is 4.07. The van der Waals surface area contributed by atoms with Gasteiger partial charge in [-0.1, -0.05) is 60.7 Å². The van der Waals surface area contributed by atoms with E-state index in [1.165, 1.54) is 0 Å². The fourth-order valence-corrected chi connectivity index (χ4v) is 4.07. The number of esters is 1. The lowest BCUT2D eigenvalue weighted by Gasteiger charge is -2.43. The van der Waals surface area contributed by atoms with Crippen molar-refractivity contribution in [3.05, 3.63) is 71.8 Å². The molecule has 0 bridgehead atoms. The Labute approximate surface area is 189 Å². The molecular formula is C25H31N3O4. The largest absolute Gasteiger partial charge is 0.464 e. The molecule has 3 atom stereocenters. The minimum absolute atomic E-state index is 0.231. The quantitative estimate of drug-likeness (QED) is 0.636. The van der Waals surface area contributed by atoms with E-state index in [4.69, 9.17) is 10.5 Å². The number of nitrogens with zero attached hydrogens (tertiary/aromatic N) is 2. The minimum Gasteiger partial charge on any atom is -0.464 e. The second kappa shape index (κ2) is 10.9. The number of piperazine rings is 1. The van der Waals surface area contributed by atoms with Crippen molar-refractivity contribution in [2.24, 2.45) is 5.73 Å². The van der Waals surface area contributed by atoms with E-state index in [0.29, 0.717) is 19.4 Å². The highest BCUT2D eigenvalue weighted by Crippen LogP contribution is 2.22. The maximum atomic E-state index is 13.7. The first kappa shape index (κ1) is 23.5. The Hall–Kier alpha value is -3.19. The van der Waals surface area contributed by atoms with Gasteiger partial charge >= 0.3 is 5.97 Å². The number of carbonyl (C=O) groups excluding carboxylic acids is 3. The summed E-state index contributed by atoms with van der Waals surface area (Å²) in [5.74, 6) is -0.965. The third-order valence-electron chi connectivity index (χ3n) is 5.68. The maximum absolute atomic E-state index is 13.7. The first-order valence-corrected chi connectivity index (χ1v) is 11.0. The molecule has 32 heavy (non-hydrogen) atoms. The van der Waals surface area contributed by atoms with Gasteiger partial charge in [0.15, 0.2) is 0 Å². The second-order valence-corrected chi connectivity index (χ2v) is 8.02. The summed E-state index contributed by atoms with van der Waals surface area (Å²) in [5.41, 5.74) is 7.74. The Morgan fingerprint density at radius 1 is 1.03 bits per heavy atom. The van der Waals surface area contributed by atoms with Crippen LogP contribution >= 0.6 is 0 Å². The van der Waals surface area contributed by atoms with Crippen LogP contribution in [0.4, 0.5) is 0 Å². The number of hydrogen-bond donors (Lipinski definition) is 1. The van der Waals surface area contributed by atoms with Gasteiger partial charge in [0.1, 0.15) is 12.1 Å². The van der Waals surface area contributed by atoms with Gasteiger partial charge in [-0.15, -0.1) is 0 Å². The van der Waals surface area contributed by atoms with Crippen molar-refractivity contribution in [2.75, 3.05) is 19.7 Å². The van der Waals surface area contributed by atoms with E-state index < -0.39 is 24.1 Å². The highest BCUT2D eigenvalue weighted by atomic mass is 16.5. The van der Waals surface area contributed by atoms with Crippen LogP contribution in [0.3, 0.4) is 0 Å². The van der Waals surface area contributed by atoms with Gasteiger partial charge in [-0.2, -0.15) is 0 Å². The molecule has 1 saturated heterocycles. The molecule has 7 heteroatoms. The van der Waals surface area contributed by atoms with E-state index in [9.17, 15) is 14.4 Å². The molecule has 2 amide bonds. The SMILES string of the molecule is CCOC(=O)[C@@H](Cc1ccccc1)N1CCN(C(=O)[C@@H](C)N)[C@@H](Cc2ccccc2)C1=O. The van der Waals surface area contributed by atoms with Crippen molar-refractivity contribution in [3.8, 4) is 0 Å². The van der Waals surface area contributed by atoms with Crippen molar-refractivity contribution in [1.29, 1.82) is 0 Å². The molecule has 170 valence electrons.